The normalized spacial score (nSPS) is 10.5. The average molecular weight is 359 g/mol. The smallest absolute Gasteiger partial charge is 0.224 e. The number of hydrogen-bond acceptors (Lipinski definition) is 5. The summed E-state index contributed by atoms with van der Waals surface area (Å²) in [5, 5.41) is 6.43. The standard InChI is InChI=1S/C16H15BrN4O/c1-11-9-12(17)4-5-14(11)20-15-6-7-18-16(21-15)19-10-13-3-2-8-22-13/h2-9H,10H2,1H3,(H2,18,19,20,21). The highest BCUT2D eigenvalue weighted by Crippen LogP contribution is 2.23. The maximum Gasteiger partial charge on any atom is 0.224 e. The van der Waals surface area contributed by atoms with Gasteiger partial charge in [0.1, 0.15) is 11.6 Å². The zero-order valence-electron chi connectivity index (χ0n) is 12.0. The molecule has 0 fully saturated rings. The fourth-order valence-electron chi connectivity index (χ4n) is 2.00. The van der Waals surface area contributed by atoms with E-state index in [0.717, 1.165) is 27.3 Å². The van der Waals surface area contributed by atoms with Crippen LogP contribution in [0, 0.1) is 6.92 Å². The SMILES string of the molecule is Cc1cc(Br)ccc1Nc1ccnc(NCc2ccco2)n1. The Balaban J connectivity index is 1.70. The van der Waals surface area contributed by atoms with E-state index in [2.05, 4.69) is 42.6 Å². The second kappa shape index (κ2) is 6.62. The first-order valence-corrected chi connectivity index (χ1v) is 7.62. The Kier molecular flexibility index (Phi) is 4.39. The predicted octanol–water partition coefficient (Wildman–Crippen LogP) is 4.50. The summed E-state index contributed by atoms with van der Waals surface area (Å²) in [4.78, 5) is 8.65. The second-order valence-electron chi connectivity index (χ2n) is 4.78. The van der Waals surface area contributed by atoms with E-state index >= 15 is 0 Å². The zero-order valence-corrected chi connectivity index (χ0v) is 13.6. The van der Waals surface area contributed by atoms with Gasteiger partial charge in [0, 0.05) is 16.4 Å². The summed E-state index contributed by atoms with van der Waals surface area (Å²) in [6.45, 7) is 2.60. The largest absolute Gasteiger partial charge is 0.467 e. The van der Waals surface area contributed by atoms with Crippen molar-refractivity contribution in [2.24, 2.45) is 0 Å². The van der Waals surface area contributed by atoms with Crippen LogP contribution in [0.3, 0.4) is 0 Å². The van der Waals surface area contributed by atoms with Gasteiger partial charge in [-0.25, -0.2) is 4.98 Å². The molecule has 22 heavy (non-hydrogen) atoms. The van der Waals surface area contributed by atoms with Crippen LogP contribution in [-0.4, -0.2) is 9.97 Å². The van der Waals surface area contributed by atoms with Crippen LogP contribution in [0.4, 0.5) is 17.5 Å². The Bertz CT molecular complexity index is 759. The Morgan fingerprint density at radius 2 is 2.14 bits per heavy atom. The summed E-state index contributed by atoms with van der Waals surface area (Å²) in [7, 11) is 0. The fourth-order valence-corrected chi connectivity index (χ4v) is 2.47. The van der Waals surface area contributed by atoms with E-state index in [-0.39, 0.29) is 0 Å². The van der Waals surface area contributed by atoms with Crippen molar-refractivity contribution in [3.05, 3.63) is 64.7 Å². The molecule has 0 saturated carbocycles. The first-order valence-electron chi connectivity index (χ1n) is 6.83. The number of benzene rings is 1. The monoisotopic (exact) mass is 358 g/mol. The lowest BCUT2D eigenvalue weighted by Gasteiger charge is -2.10. The summed E-state index contributed by atoms with van der Waals surface area (Å²) >= 11 is 3.46. The van der Waals surface area contributed by atoms with Gasteiger partial charge in [-0.05, 0) is 48.9 Å². The summed E-state index contributed by atoms with van der Waals surface area (Å²) in [5.74, 6) is 2.13. The number of rotatable bonds is 5. The molecule has 0 aliphatic heterocycles. The molecule has 2 heterocycles. The van der Waals surface area contributed by atoms with Gasteiger partial charge in [0.15, 0.2) is 0 Å². The number of nitrogens with one attached hydrogen (secondary N) is 2. The molecule has 0 radical (unpaired) electrons. The lowest BCUT2D eigenvalue weighted by atomic mass is 10.2. The van der Waals surface area contributed by atoms with Gasteiger partial charge in [-0.15, -0.1) is 0 Å². The van der Waals surface area contributed by atoms with Crippen LogP contribution >= 0.6 is 15.9 Å². The van der Waals surface area contributed by atoms with E-state index in [9.17, 15) is 0 Å². The van der Waals surface area contributed by atoms with Gasteiger partial charge in [0.05, 0.1) is 12.8 Å². The van der Waals surface area contributed by atoms with Gasteiger partial charge in [-0.1, -0.05) is 15.9 Å². The van der Waals surface area contributed by atoms with Gasteiger partial charge in [-0.2, -0.15) is 4.98 Å². The number of halogens is 1. The van der Waals surface area contributed by atoms with Crippen LogP contribution in [-0.2, 0) is 6.54 Å². The topological polar surface area (TPSA) is 63.0 Å². The van der Waals surface area contributed by atoms with Crippen LogP contribution in [0.5, 0.6) is 0 Å². The summed E-state index contributed by atoms with van der Waals surface area (Å²) in [6.07, 6.45) is 3.36. The average Bonchev–Trinajstić information content (AvgIpc) is 3.02. The third-order valence-electron chi connectivity index (χ3n) is 3.11. The molecule has 5 nitrogen and oxygen atoms in total. The van der Waals surface area contributed by atoms with E-state index in [0.29, 0.717) is 12.5 Å². The van der Waals surface area contributed by atoms with Crippen LogP contribution in [0.2, 0.25) is 0 Å². The van der Waals surface area contributed by atoms with Gasteiger partial charge in [0.25, 0.3) is 0 Å². The Labute approximate surface area is 136 Å². The molecule has 0 unspecified atom stereocenters. The van der Waals surface area contributed by atoms with Crippen LogP contribution in [0.15, 0.2) is 57.7 Å². The minimum atomic E-state index is 0.549. The minimum Gasteiger partial charge on any atom is -0.467 e. The van der Waals surface area contributed by atoms with E-state index < -0.39 is 0 Å². The number of hydrogen-bond donors (Lipinski definition) is 2. The van der Waals surface area contributed by atoms with Crippen molar-refractivity contribution < 1.29 is 4.42 Å². The van der Waals surface area contributed by atoms with Crippen LogP contribution < -0.4 is 10.6 Å². The second-order valence-corrected chi connectivity index (χ2v) is 5.70. The molecule has 2 N–H and O–H groups in total. The van der Waals surface area contributed by atoms with Gasteiger partial charge in [0.2, 0.25) is 5.95 Å². The van der Waals surface area contributed by atoms with E-state index in [4.69, 9.17) is 4.42 Å². The molecule has 0 atom stereocenters. The van der Waals surface area contributed by atoms with E-state index in [1.807, 2.05) is 37.3 Å². The van der Waals surface area contributed by atoms with Crippen molar-refractivity contribution in [1.29, 1.82) is 0 Å². The molecule has 2 aromatic heterocycles. The van der Waals surface area contributed by atoms with Gasteiger partial charge in [-0.3, -0.25) is 0 Å². The Hall–Kier alpha value is -2.34. The molecule has 0 bridgehead atoms. The first kappa shape index (κ1) is 14.6. The molecule has 0 amide bonds. The minimum absolute atomic E-state index is 0.549. The Morgan fingerprint density at radius 1 is 1.23 bits per heavy atom. The maximum atomic E-state index is 5.27. The number of aromatic nitrogens is 2. The number of nitrogens with zero attached hydrogens (tertiary/aromatic N) is 2. The van der Waals surface area contributed by atoms with E-state index in [1.54, 1.807) is 12.5 Å². The van der Waals surface area contributed by atoms with Gasteiger partial charge < -0.3 is 15.1 Å². The maximum absolute atomic E-state index is 5.27. The lowest BCUT2D eigenvalue weighted by molar-refractivity contribution is 0.517. The van der Waals surface area contributed by atoms with E-state index in [1.165, 1.54) is 0 Å². The first-order chi connectivity index (χ1) is 10.7. The van der Waals surface area contributed by atoms with Crippen molar-refractivity contribution in [3.8, 4) is 0 Å². The van der Waals surface area contributed by atoms with Crippen molar-refractivity contribution >= 4 is 33.4 Å². The quantitative estimate of drug-likeness (QED) is 0.703. The molecule has 0 spiro atoms. The molecule has 3 rings (SSSR count). The Morgan fingerprint density at radius 3 is 2.91 bits per heavy atom. The summed E-state index contributed by atoms with van der Waals surface area (Å²) < 4.78 is 6.32. The molecule has 0 aliphatic carbocycles. The molecule has 1 aromatic carbocycles. The molecule has 0 saturated heterocycles. The summed E-state index contributed by atoms with van der Waals surface area (Å²) in [6, 6.07) is 11.6. The predicted molar refractivity (Wildman–Crippen MR) is 90.2 cm³/mol. The van der Waals surface area contributed by atoms with Crippen molar-refractivity contribution in [2.45, 2.75) is 13.5 Å². The molecule has 112 valence electrons. The summed E-state index contributed by atoms with van der Waals surface area (Å²) in [5.41, 5.74) is 2.15. The van der Waals surface area contributed by atoms with Crippen molar-refractivity contribution in [2.75, 3.05) is 10.6 Å². The number of furan rings is 1. The zero-order chi connectivity index (χ0) is 15.4. The highest BCUT2D eigenvalue weighted by atomic mass is 79.9. The molecular weight excluding hydrogens is 344 g/mol. The van der Waals surface area contributed by atoms with Crippen LogP contribution in [0.1, 0.15) is 11.3 Å². The third kappa shape index (κ3) is 3.65. The van der Waals surface area contributed by atoms with Gasteiger partial charge >= 0.3 is 0 Å². The highest BCUT2D eigenvalue weighted by Gasteiger charge is 2.03. The van der Waals surface area contributed by atoms with Crippen molar-refractivity contribution in [1.82, 2.24) is 9.97 Å². The van der Waals surface area contributed by atoms with Crippen molar-refractivity contribution in [3.63, 3.8) is 0 Å². The highest BCUT2D eigenvalue weighted by molar-refractivity contribution is 9.10. The number of aryl methyl sites for hydroxylation is 1. The number of anilines is 3. The fraction of sp³-hybridized carbons (Fsp3) is 0.125. The van der Waals surface area contributed by atoms with Crippen LogP contribution in [0.25, 0.3) is 0 Å². The third-order valence-corrected chi connectivity index (χ3v) is 3.60. The molecule has 6 heteroatoms. The molecular formula is C16H15BrN4O. The molecule has 3 aromatic rings. The molecule has 0 aliphatic rings. The lowest BCUT2D eigenvalue weighted by Crippen LogP contribution is -2.04.